The molecule has 42 heavy (non-hydrogen) atoms. The molecule has 0 aliphatic rings. The van der Waals surface area contributed by atoms with Gasteiger partial charge >= 0.3 is 0 Å². The standard InChI is InChI=1S/C34H25ClN2O4S/c1-21-25(5-3-6-28(21)29-7-4-8-30(22(29)2)34-10-9-27(18-39)42-34)20-41-33-13-32(26(17-38)12-31(33)35)40-19-24-11-23(14-36)15-37-16-24/h3-13,15-18H,19-20H2,1-2H3. The topological polar surface area (TPSA) is 89.3 Å². The summed E-state index contributed by atoms with van der Waals surface area (Å²) in [6.07, 6.45) is 4.62. The first-order chi connectivity index (χ1) is 20.4. The minimum absolute atomic E-state index is 0.117. The maximum Gasteiger partial charge on any atom is 0.160 e. The summed E-state index contributed by atoms with van der Waals surface area (Å²) in [6.45, 7) is 4.52. The van der Waals surface area contributed by atoms with E-state index >= 15 is 0 Å². The lowest BCUT2D eigenvalue weighted by atomic mass is 9.91. The molecule has 0 radical (unpaired) electrons. The van der Waals surface area contributed by atoms with Crippen LogP contribution in [0.5, 0.6) is 11.5 Å². The number of pyridine rings is 1. The number of hydrogen-bond donors (Lipinski definition) is 0. The molecule has 3 aromatic carbocycles. The normalized spacial score (nSPS) is 10.6. The summed E-state index contributed by atoms with van der Waals surface area (Å²) in [5.74, 6) is 0.698. The number of aromatic nitrogens is 1. The molecule has 0 aliphatic carbocycles. The number of ether oxygens (including phenoxy) is 2. The van der Waals surface area contributed by atoms with Gasteiger partial charge in [0.05, 0.1) is 21.0 Å². The van der Waals surface area contributed by atoms with Crippen LogP contribution in [0.15, 0.2) is 79.1 Å². The number of nitriles is 1. The SMILES string of the molecule is Cc1c(COc2cc(OCc3cncc(C#N)c3)c(C=O)cc2Cl)cccc1-c1cccc(-c2ccc(C=O)s2)c1C. The molecule has 6 nitrogen and oxygen atoms in total. The molecule has 8 heteroatoms. The van der Waals surface area contributed by atoms with E-state index in [1.54, 1.807) is 18.3 Å². The second-order valence-corrected chi connectivity index (χ2v) is 11.1. The van der Waals surface area contributed by atoms with Crippen LogP contribution in [0.4, 0.5) is 0 Å². The lowest BCUT2D eigenvalue weighted by Crippen LogP contribution is -2.03. The number of thiophene rings is 1. The van der Waals surface area contributed by atoms with Crippen molar-refractivity contribution in [2.24, 2.45) is 0 Å². The van der Waals surface area contributed by atoms with Crippen molar-refractivity contribution < 1.29 is 19.1 Å². The summed E-state index contributed by atoms with van der Waals surface area (Å²) >= 11 is 7.95. The molecule has 0 saturated heterocycles. The maximum absolute atomic E-state index is 11.7. The van der Waals surface area contributed by atoms with Crippen LogP contribution in [0.3, 0.4) is 0 Å². The molecule has 0 N–H and O–H groups in total. The molecule has 2 aromatic heterocycles. The number of carbonyl (C=O) groups excluding carboxylic acids is 2. The van der Waals surface area contributed by atoms with E-state index in [9.17, 15) is 9.59 Å². The van der Waals surface area contributed by atoms with Gasteiger partial charge in [-0.05, 0) is 71.5 Å². The predicted molar refractivity (Wildman–Crippen MR) is 165 cm³/mol. The number of nitrogens with zero attached hydrogens (tertiary/aromatic N) is 2. The van der Waals surface area contributed by atoms with Crippen molar-refractivity contribution in [1.82, 2.24) is 4.98 Å². The highest BCUT2D eigenvalue weighted by atomic mass is 35.5. The Morgan fingerprint density at radius 3 is 2.33 bits per heavy atom. The van der Waals surface area contributed by atoms with Gasteiger partial charge in [0.15, 0.2) is 12.6 Å². The zero-order chi connectivity index (χ0) is 29.6. The van der Waals surface area contributed by atoms with Crippen LogP contribution in [0, 0.1) is 25.2 Å². The second kappa shape index (κ2) is 12.8. The van der Waals surface area contributed by atoms with E-state index < -0.39 is 0 Å². The predicted octanol–water partition coefficient (Wildman–Crippen LogP) is 8.40. The molecule has 0 spiro atoms. The molecule has 0 aliphatic heterocycles. The van der Waals surface area contributed by atoms with Gasteiger partial charge in [0.2, 0.25) is 0 Å². The maximum atomic E-state index is 11.7. The van der Waals surface area contributed by atoms with Crippen LogP contribution in [-0.2, 0) is 13.2 Å². The Kier molecular flexibility index (Phi) is 8.77. The molecular formula is C34H25ClN2O4S. The Labute approximate surface area is 252 Å². The summed E-state index contributed by atoms with van der Waals surface area (Å²) in [4.78, 5) is 28.7. The average Bonchev–Trinajstić information content (AvgIpc) is 3.50. The van der Waals surface area contributed by atoms with Crippen LogP contribution in [-0.4, -0.2) is 17.6 Å². The Bertz CT molecular complexity index is 1840. The van der Waals surface area contributed by atoms with E-state index in [0.717, 1.165) is 44.5 Å². The Balaban J connectivity index is 1.38. The van der Waals surface area contributed by atoms with Crippen molar-refractivity contribution >= 4 is 35.5 Å². The average molecular weight is 593 g/mol. The van der Waals surface area contributed by atoms with Crippen LogP contribution < -0.4 is 9.47 Å². The number of hydrogen-bond acceptors (Lipinski definition) is 7. The second-order valence-electron chi connectivity index (χ2n) is 9.60. The number of halogens is 1. The summed E-state index contributed by atoms with van der Waals surface area (Å²) in [5.41, 5.74) is 7.86. The highest BCUT2D eigenvalue weighted by Gasteiger charge is 2.15. The van der Waals surface area contributed by atoms with E-state index in [1.807, 2.05) is 36.4 Å². The molecule has 0 amide bonds. The van der Waals surface area contributed by atoms with Crippen LogP contribution in [0.25, 0.3) is 21.6 Å². The molecule has 0 bridgehead atoms. The first-order valence-corrected chi connectivity index (χ1v) is 14.2. The molecule has 5 aromatic rings. The van der Waals surface area contributed by atoms with Crippen molar-refractivity contribution in [2.75, 3.05) is 0 Å². The fourth-order valence-electron chi connectivity index (χ4n) is 4.71. The van der Waals surface area contributed by atoms with Crippen molar-refractivity contribution in [1.29, 1.82) is 5.26 Å². The third-order valence-electron chi connectivity index (χ3n) is 6.97. The lowest BCUT2D eigenvalue weighted by Gasteiger charge is -2.17. The summed E-state index contributed by atoms with van der Waals surface area (Å²) < 4.78 is 12.0. The van der Waals surface area contributed by atoms with Crippen molar-refractivity contribution in [3.63, 3.8) is 0 Å². The van der Waals surface area contributed by atoms with Gasteiger partial charge in [0.1, 0.15) is 30.8 Å². The van der Waals surface area contributed by atoms with E-state index in [1.165, 1.54) is 23.6 Å². The number of aldehydes is 2. The van der Waals surface area contributed by atoms with E-state index in [4.69, 9.17) is 26.3 Å². The minimum atomic E-state index is 0.117. The van der Waals surface area contributed by atoms with Gasteiger partial charge in [-0.15, -0.1) is 11.3 Å². The monoisotopic (exact) mass is 592 g/mol. The Hall–Kier alpha value is -4.77. The number of benzene rings is 3. The van der Waals surface area contributed by atoms with Gasteiger partial charge in [-0.3, -0.25) is 14.6 Å². The van der Waals surface area contributed by atoms with Crippen molar-refractivity contribution in [3.05, 3.63) is 122 Å². The van der Waals surface area contributed by atoms with Crippen LogP contribution in [0.2, 0.25) is 5.02 Å². The van der Waals surface area contributed by atoms with Crippen molar-refractivity contribution in [2.45, 2.75) is 27.1 Å². The smallest absolute Gasteiger partial charge is 0.160 e. The lowest BCUT2D eigenvalue weighted by molar-refractivity contribution is 0.111. The molecule has 208 valence electrons. The first-order valence-electron chi connectivity index (χ1n) is 13.0. The number of carbonyl (C=O) groups is 2. The van der Waals surface area contributed by atoms with E-state index in [2.05, 4.69) is 37.0 Å². The zero-order valence-corrected chi connectivity index (χ0v) is 24.5. The van der Waals surface area contributed by atoms with Gasteiger partial charge in [0.25, 0.3) is 0 Å². The van der Waals surface area contributed by atoms with Gasteiger partial charge in [-0.25, -0.2) is 0 Å². The van der Waals surface area contributed by atoms with Crippen molar-refractivity contribution in [3.8, 4) is 39.1 Å². The highest BCUT2D eigenvalue weighted by molar-refractivity contribution is 7.17. The van der Waals surface area contributed by atoms with Gasteiger partial charge in [0, 0.05) is 28.9 Å². The van der Waals surface area contributed by atoms with Crippen LogP contribution in [0.1, 0.15) is 47.8 Å². The molecule has 2 heterocycles. The number of rotatable bonds is 10. The third-order valence-corrected chi connectivity index (χ3v) is 8.31. The molecule has 0 saturated carbocycles. The van der Waals surface area contributed by atoms with Gasteiger partial charge in [-0.1, -0.05) is 48.0 Å². The van der Waals surface area contributed by atoms with Crippen LogP contribution >= 0.6 is 22.9 Å². The Morgan fingerprint density at radius 2 is 1.60 bits per heavy atom. The Morgan fingerprint density at radius 1 is 0.857 bits per heavy atom. The summed E-state index contributed by atoms with van der Waals surface area (Å²) in [5, 5.41) is 9.41. The van der Waals surface area contributed by atoms with Gasteiger partial charge in [-0.2, -0.15) is 5.26 Å². The summed E-state index contributed by atoms with van der Waals surface area (Å²) in [7, 11) is 0. The molecule has 0 unspecified atom stereocenters. The van der Waals surface area contributed by atoms with E-state index in [0.29, 0.717) is 38.8 Å². The molecule has 5 rings (SSSR count). The molecule has 0 atom stereocenters. The summed E-state index contributed by atoms with van der Waals surface area (Å²) in [6, 6.07) is 23.0. The highest BCUT2D eigenvalue weighted by Crippen LogP contribution is 2.38. The molecular weight excluding hydrogens is 568 g/mol. The minimum Gasteiger partial charge on any atom is -0.488 e. The fraction of sp³-hybridized carbons (Fsp3) is 0.118. The van der Waals surface area contributed by atoms with E-state index in [-0.39, 0.29) is 18.8 Å². The van der Waals surface area contributed by atoms with Gasteiger partial charge < -0.3 is 9.47 Å². The first kappa shape index (κ1) is 28.7. The molecule has 0 fully saturated rings. The third kappa shape index (κ3) is 6.10. The largest absolute Gasteiger partial charge is 0.488 e. The quantitative estimate of drug-likeness (QED) is 0.151. The fourth-order valence-corrected chi connectivity index (χ4v) is 5.84. The zero-order valence-electron chi connectivity index (χ0n) is 22.9.